The van der Waals surface area contributed by atoms with Crippen LogP contribution in [0.3, 0.4) is 0 Å². The van der Waals surface area contributed by atoms with Crippen molar-refractivity contribution in [3.8, 4) is 0 Å². The number of halogens is 4. The lowest BCUT2D eigenvalue weighted by Gasteiger charge is -2.22. The number of amides is 1. The lowest BCUT2D eigenvalue weighted by molar-refractivity contribution is -0.116. The van der Waals surface area contributed by atoms with Crippen LogP contribution in [0, 0.1) is 0 Å². The first-order chi connectivity index (χ1) is 14.6. The minimum absolute atomic E-state index is 0.0522. The topological polar surface area (TPSA) is 66.5 Å². The molecule has 0 saturated heterocycles. The van der Waals surface area contributed by atoms with Crippen LogP contribution in [-0.4, -0.2) is 25.2 Å². The number of benzene rings is 3. The van der Waals surface area contributed by atoms with E-state index in [1.165, 1.54) is 18.2 Å². The van der Waals surface area contributed by atoms with Crippen LogP contribution in [0.5, 0.6) is 0 Å². The van der Waals surface area contributed by atoms with E-state index in [2.05, 4.69) is 21.2 Å². The van der Waals surface area contributed by atoms with Crippen molar-refractivity contribution >= 4 is 72.4 Å². The van der Waals surface area contributed by atoms with Crippen LogP contribution in [0.1, 0.15) is 5.56 Å². The molecule has 0 atom stereocenters. The summed E-state index contributed by atoms with van der Waals surface area (Å²) in [6, 6.07) is 17.5. The number of hydrogen-bond donors (Lipinski definition) is 1. The lowest BCUT2D eigenvalue weighted by atomic mass is 10.2. The molecule has 10 heteroatoms. The molecule has 0 aliphatic heterocycles. The van der Waals surface area contributed by atoms with Gasteiger partial charge in [0.1, 0.15) is 0 Å². The third-order valence-electron chi connectivity index (χ3n) is 4.24. The van der Waals surface area contributed by atoms with E-state index < -0.39 is 22.5 Å². The van der Waals surface area contributed by atoms with Gasteiger partial charge in [0.25, 0.3) is 0 Å². The molecule has 0 bridgehead atoms. The van der Waals surface area contributed by atoms with E-state index in [-0.39, 0.29) is 11.4 Å². The molecule has 0 saturated carbocycles. The Kier molecular flexibility index (Phi) is 8.02. The third kappa shape index (κ3) is 6.44. The number of anilines is 1. The average Bonchev–Trinajstić information content (AvgIpc) is 2.69. The Morgan fingerprint density at radius 1 is 0.935 bits per heavy atom. The van der Waals surface area contributed by atoms with Gasteiger partial charge in [-0.1, -0.05) is 62.9 Å². The van der Waals surface area contributed by atoms with Crippen molar-refractivity contribution in [2.75, 3.05) is 11.9 Å². The third-order valence-corrected chi connectivity index (χ3v) is 7.40. The first kappa shape index (κ1) is 24.0. The number of sulfonamides is 1. The normalized spacial score (nSPS) is 11.5. The second-order valence-electron chi connectivity index (χ2n) is 6.52. The molecule has 3 aromatic rings. The Hall–Kier alpha value is -1.61. The Morgan fingerprint density at radius 2 is 1.61 bits per heavy atom. The maximum atomic E-state index is 13.3. The predicted octanol–water partition coefficient (Wildman–Crippen LogP) is 6.24. The molecule has 0 heterocycles. The summed E-state index contributed by atoms with van der Waals surface area (Å²) in [5.41, 5.74) is 0.977. The van der Waals surface area contributed by atoms with Crippen LogP contribution in [0.2, 0.25) is 15.1 Å². The molecule has 0 aliphatic carbocycles. The molecule has 0 aromatic heterocycles. The molecule has 162 valence electrons. The van der Waals surface area contributed by atoms with Gasteiger partial charge < -0.3 is 5.32 Å². The quantitative estimate of drug-likeness (QED) is 0.371. The van der Waals surface area contributed by atoms with Gasteiger partial charge in [-0.25, -0.2) is 8.42 Å². The summed E-state index contributed by atoms with van der Waals surface area (Å²) in [6.45, 7) is -0.540. The largest absolute Gasteiger partial charge is 0.325 e. The van der Waals surface area contributed by atoms with Crippen LogP contribution >= 0.6 is 50.7 Å². The molecular weight excluding hydrogens is 547 g/mol. The van der Waals surface area contributed by atoms with E-state index in [9.17, 15) is 13.2 Å². The van der Waals surface area contributed by atoms with Crippen LogP contribution < -0.4 is 5.32 Å². The van der Waals surface area contributed by atoms with Gasteiger partial charge in [-0.05, 0) is 60.2 Å². The second-order valence-corrected chi connectivity index (χ2v) is 10.7. The number of rotatable bonds is 7. The average molecular weight is 563 g/mol. The van der Waals surface area contributed by atoms with Gasteiger partial charge in [0, 0.05) is 31.8 Å². The molecule has 31 heavy (non-hydrogen) atoms. The monoisotopic (exact) mass is 560 g/mol. The van der Waals surface area contributed by atoms with Crippen molar-refractivity contribution in [1.29, 1.82) is 0 Å². The van der Waals surface area contributed by atoms with E-state index in [1.54, 1.807) is 48.5 Å². The summed E-state index contributed by atoms with van der Waals surface area (Å²) in [5.74, 6) is -0.520. The van der Waals surface area contributed by atoms with E-state index in [1.807, 2.05) is 0 Å². The minimum Gasteiger partial charge on any atom is -0.325 e. The molecule has 0 unspecified atom stereocenters. The molecule has 3 aromatic carbocycles. The number of nitrogens with zero attached hydrogens (tertiary/aromatic N) is 1. The standard InChI is InChI=1S/C21H16BrCl3N2O3S/c22-15-5-8-19(9-6-15)31(29,30)27(12-14-4-7-17(24)11-20(14)25)13-21(28)26-18-3-1-2-16(23)10-18/h1-11H,12-13H2,(H,26,28). The molecule has 1 amide bonds. The highest BCUT2D eigenvalue weighted by Gasteiger charge is 2.27. The summed E-state index contributed by atoms with van der Waals surface area (Å²) in [5, 5.41) is 3.84. The maximum Gasteiger partial charge on any atom is 0.243 e. The Labute approximate surface area is 204 Å². The fraction of sp³-hybridized carbons (Fsp3) is 0.0952. The number of nitrogens with one attached hydrogen (secondary N) is 1. The summed E-state index contributed by atoms with van der Waals surface area (Å²) in [7, 11) is -4.00. The number of carbonyl (C=O) groups is 1. The minimum atomic E-state index is -4.00. The Balaban J connectivity index is 1.91. The van der Waals surface area contributed by atoms with Crippen molar-refractivity contribution < 1.29 is 13.2 Å². The van der Waals surface area contributed by atoms with Gasteiger partial charge in [-0.15, -0.1) is 0 Å². The number of hydrogen-bond acceptors (Lipinski definition) is 3. The van der Waals surface area contributed by atoms with E-state index >= 15 is 0 Å². The Morgan fingerprint density at radius 3 is 2.26 bits per heavy atom. The second kappa shape index (κ2) is 10.3. The zero-order chi connectivity index (χ0) is 22.6. The molecule has 0 aliphatic rings. The molecule has 0 radical (unpaired) electrons. The van der Waals surface area contributed by atoms with Gasteiger partial charge in [-0.2, -0.15) is 4.31 Å². The summed E-state index contributed by atoms with van der Waals surface area (Å²) in [4.78, 5) is 12.7. The molecule has 0 spiro atoms. The number of carbonyl (C=O) groups excluding carboxylic acids is 1. The van der Waals surface area contributed by atoms with Gasteiger partial charge in [0.2, 0.25) is 15.9 Å². The first-order valence-corrected chi connectivity index (χ1v) is 12.3. The molecule has 0 fully saturated rings. The summed E-state index contributed by atoms with van der Waals surface area (Å²) >= 11 is 21.4. The highest BCUT2D eigenvalue weighted by molar-refractivity contribution is 9.10. The van der Waals surface area contributed by atoms with Gasteiger partial charge in [0.15, 0.2) is 0 Å². The van der Waals surface area contributed by atoms with Crippen molar-refractivity contribution in [1.82, 2.24) is 4.31 Å². The highest BCUT2D eigenvalue weighted by Crippen LogP contribution is 2.26. The first-order valence-electron chi connectivity index (χ1n) is 8.90. The zero-order valence-corrected chi connectivity index (χ0v) is 20.5. The van der Waals surface area contributed by atoms with Gasteiger partial charge >= 0.3 is 0 Å². The van der Waals surface area contributed by atoms with Crippen LogP contribution in [0.4, 0.5) is 5.69 Å². The van der Waals surface area contributed by atoms with Crippen molar-refractivity contribution in [3.05, 3.63) is 91.8 Å². The highest BCUT2D eigenvalue weighted by atomic mass is 79.9. The van der Waals surface area contributed by atoms with Gasteiger partial charge in [0.05, 0.1) is 11.4 Å². The van der Waals surface area contributed by atoms with E-state index in [0.29, 0.717) is 26.3 Å². The van der Waals surface area contributed by atoms with Crippen LogP contribution in [0.25, 0.3) is 0 Å². The Bertz CT molecular complexity index is 1200. The zero-order valence-electron chi connectivity index (χ0n) is 15.9. The van der Waals surface area contributed by atoms with Crippen molar-refractivity contribution in [3.63, 3.8) is 0 Å². The molecule has 1 N–H and O–H groups in total. The van der Waals surface area contributed by atoms with E-state index in [0.717, 1.165) is 8.78 Å². The fourth-order valence-electron chi connectivity index (χ4n) is 2.75. The van der Waals surface area contributed by atoms with Crippen LogP contribution in [0.15, 0.2) is 76.1 Å². The maximum absolute atomic E-state index is 13.3. The molecule has 5 nitrogen and oxygen atoms in total. The van der Waals surface area contributed by atoms with Gasteiger partial charge in [-0.3, -0.25) is 4.79 Å². The molecule has 3 rings (SSSR count). The van der Waals surface area contributed by atoms with E-state index in [4.69, 9.17) is 34.8 Å². The summed E-state index contributed by atoms with van der Waals surface area (Å²) < 4.78 is 28.4. The SMILES string of the molecule is O=C(CN(Cc1ccc(Cl)cc1Cl)S(=O)(=O)c1ccc(Br)cc1)Nc1cccc(Cl)c1. The predicted molar refractivity (Wildman–Crippen MR) is 128 cm³/mol. The van der Waals surface area contributed by atoms with Crippen LogP contribution in [-0.2, 0) is 21.4 Å². The fourth-order valence-corrected chi connectivity index (χ4v) is 5.05. The summed E-state index contributed by atoms with van der Waals surface area (Å²) in [6.07, 6.45) is 0. The molecular formula is C21H16BrCl3N2O3S. The smallest absolute Gasteiger partial charge is 0.243 e. The lowest BCUT2D eigenvalue weighted by Crippen LogP contribution is -2.37. The van der Waals surface area contributed by atoms with Crippen molar-refractivity contribution in [2.45, 2.75) is 11.4 Å². The van der Waals surface area contributed by atoms with Crippen molar-refractivity contribution in [2.24, 2.45) is 0 Å².